The van der Waals surface area contributed by atoms with E-state index in [0.29, 0.717) is 39.4 Å². The van der Waals surface area contributed by atoms with Gasteiger partial charge in [0, 0.05) is 49.3 Å². The highest BCUT2D eigenvalue weighted by atomic mass is 16.5. The number of likely N-dealkylation sites (N-methyl/N-ethyl adjacent to an activating group) is 1. The number of rotatable bonds is 18. The SMILES string of the molecule is Cc1nc(-c2ccc(C(C)(C)C)cc2)cc(OCC(N)=O)c1C(=O)N[C@@H](CCN)C(=O)N(C)[C@@H]1C(=O)N[C@@H](C)C(=O)N[C@H](C(=O)NCC#N)Cc2ccc(OCCN)c(c2)-c2cc1ccc2OCCN. The summed E-state index contributed by atoms with van der Waals surface area (Å²) in [7, 11) is 1.37. The Hall–Kier alpha value is -7.60. The number of amides is 6. The second kappa shape index (κ2) is 24.1. The fourth-order valence-corrected chi connectivity index (χ4v) is 7.83. The van der Waals surface area contributed by atoms with E-state index in [1.165, 1.54) is 20.0 Å². The van der Waals surface area contributed by atoms with Gasteiger partial charge >= 0.3 is 0 Å². The Morgan fingerprint density at radius 1 is 0.871 bits per heavy atom. The molecule has 0 saturated carbocycles. The van der Waals surface area contributed by atoms with Crippen molar-refractivity contribution in [1.29, 1.82) is 5.26 Å². The molecule has 5 rings (SSSR count). The highest BCUT2D eigenvalue weighted by Crippen LogP contribution is 2.40. The molecule has 20 nitrogen and oxygen atoms in total. The van der Waals surface area contributed by atoms with Crippen LogP contribution in [-0.4, -0.2) is 116 Å². The van der Waals surface area contributed by atoms with Gasteiger partial charge in [0.2, 0.25) is 23.6 Å². The number of aryl methyl sites for hydroxylation is 1. The zero-order valence-electron chi connectivity index (χ0n) is 40.3. The number of carbonyl (C=O) groups is 6. The quantitative estimate of drug-likeness (QED) is 0.0654. The molecule has 4 bridgehead atoms. The van der Waals surface area contributed by atoms with Crippen LogP contribution in [0.15, 0.2) is 66.7 Å². The number of nitrogens with one attached hydrogen (secondary N) is 4. The van der Waals surface area contributed by atoms with E-state index >= 15 is 0 Å². The van der Waals surface area contributed by atoms with E-state index in [1.807, 2.05) is 30.3 Å². The molecule has 4 atom stereocenters. The minimum atomic E-state index is -1.47. The molecule has 2 heterocycles. The fraction of sp³-hybridized carbons (Fsp3) is 0.400. The summed E-state index contributed by atoms with van der Waals surface area (Å²) in [5, 5.41) is 19.8. The van der Waals surface area contributed by atoms with Crippen molar-refractivity contribution in [3.63, 3.8) is 0 Å². The van der Waals surface area contributed by atoms with Crippen LogP contribution >= 0.6 is 0 Å². The van der Waals surface area contributed by atoms with Crippen LogP contribution in [0.3, 0.4) is 0 Å². The summed E-state index contributed by atoms with van der Waals surface area (Å²) >= 11 is 0. The Labute approximate surface area is 407 Å². The van der Waals surface area contributed by atoms with Gasteiger partial charge in [-0.15, -0.1) is 0 Å². The Balaban J connectivity index is 1.60. The number of nitrogens with zero attached hydrogens (tertiary/aromatic N) is 3. The van der Waals surface area contributed by atoms with Gasteiger partial charge in [-0.1, -0.05) is 57.2 Å². The highest BCUT2D eigenvalue weighted by Gasteiger charge is 2.37. The Bertz CT molecular complexity index is 2610. The minimum Gasteiger partial charge on any atom is -0.492 e. The van der Waals surface area contributed by atoms with Gasteiger partial charge in [0.1, 0.15) is 66.7 Å². The number of aromatic nitrogens is 1. The van der Waals surface area contributed by atoms with Crippen molar-refractivity contribution in [1.82, 2.24) is 31.2 Å². The topological polar surface area (TPSA) is 322 Å². The Morgan fingerprint density at radius 3 is 2.11 bits per heavy atom. The number of primary amides is 1. The molecule has 70 heavy (non-hydrogen) atoms. The van der Waals surface area contributed by atoms with E-state index in [1.54, 1.807) is 43.3 Å². The zero-order valence-corrected chi connectivity index (χ0v) is 40.3. The van der Waals surface area contributed by atoms with Crippen molar-refractivity contribution in [2.45, 2.75) is 77.0 Å². The number of pyridine rings is 1. The predicted molar refractivity (Wildman–Crippen MR) is 261 cm³/mol. The first-order valence-electron chi connectivity index (χ1n) is 22.8. The molecule has 1 aliphatic heterocycles. The molecule has 0 radical (unpaired) electrons. The van der Waals surface area contributed by atoms with E-state index in [2.05, 4.69) is 42.0 Å². The number of hydrogen-bond donors (Lipinski definition) is 8. The van der Waals surface area contributed by atoms with Crippen LogP contribution in [0.25, 0.3) is 22.4 Å². The molecular weight excluding hydrogens is 899 g/mol. The second-order valence-electron chi connectivity index (χ2n) is 17.7. The van der Waals surface area contributed by atoms with Crippen molar-refractivity contribution in [3.05, 3.63) is 94.7 Å². The zero-order chi connectivity index (χ0) is 51.3. The number of carbonyl (C=O) groups excluding carboxylic acids is 6. The van der Waals surface area contributed by atoms with Crippen molar-refractivity contribution >= 4 is 35.4 Å². The predicted octanol–water partition coefficient (Wildman–Crippen LogP) is 1.39. The normalized spacial score (nSPS) is 16.3. The maximum Gasteiger partial charge on any atom is 0.257 e. The number of benzene rings is 3. The number of nitrogens with two attached hydrogens (primary N) is 4. The third-order valence-electron chi connectivity index (χ3n) is 11.4. The average Bonchev–Trinajstić information content (AvgIpc) is 3.32. The van der Waals surface area contributed by atoms with Gasteiger partial charge in [-0.25, -0.2) is 0 Å². The first kappa shape index (κ1) is 53.4. The molecular formula is C50H63N11O9. The summed E-state index contributed by atoms with van der Waals surface area (Å²) in [5.41, 5.74) is 27.2. The third kappa shape index (κ3) is 13.3. The molecule has 0 aliphatic carbocycles. The van der Waals surface area contributed by atoms with Crippen LogP contribution in [0.2, 0.25) is 0 Å². The summed E-state index contributed by atoms with van der Waals surface area (Å²) in [4.78, 5) is 88.9. The molecule has 4 aromatic rings. The molecule has 1 aliphatic rings. The second-order valence-corrected chi connectivity index (χ2v) is 17.7. The maximum absolute atomic E-state index is 14.9. The lowest BCUT2D eigenvalue weighted by Crippen LogP contribution is -2.56. The highest BCUT2D eigenvalue weighted by molar-refractivity contribution is 6.02. The number of hydrogen-bond acceptors (Lipinski definition) is 14. The minimum absolute atomic E-state index is 0.0168. The monoisotopic (exact) mass is 961 g/mol. The van der Waals surface area contributed by atoms with Crippen LogP contribution in [-0.2, 0) is 35.8 Å². The molecule has 0 fully saturated rings. The van der Waals surface area contributed by atoms with Crippen molar-refractivity contribution in [3.8, 4) is 45.7 Å². The van der Waals surface area contributed by atoms with E-state index in [0.717, 1.165) is 10.5 Å². The van der Waals surface area contributed by atoms with Crippen LogP contribution in [0.4, 0.5) is 0 Å². The Morgan fingerprint density at radius 2 is 1.51 bits per heavy atom. The van der Waals surface area contributed by atoms with E-state index in [-0.39, 0.29) is 80.2 Å². The van der Waals surface area contributed by atoms with E-state index < -0.39 is 66.2 Å². The van der Waals surface area contributed by atoms with Crippen LogP contribution in [0.5, 0.6) is 17.2 Å². The van der Waals surface area contributed by atoms with E-state index in [9.17, 15) is 34.0 Å². The van der Waals surface area contributed by atoms with Crippen molar-refractivity contribution < 1.29 is 43.0 Å². The largest absolute Gasteiger partial charge is 0.492 e. The smallest absolute Gasteiger partial charge is 0.257 e. The molecule has 0 unspecified atom stereocenters. The lowest BCUT2D eigenvalue weighted by atomic mass is 9.86. The van der Waals surface area contributed by atoms with Gasteiger partial charge in [0.05, 0.1) is 17.5 Å². The molecule has 20 heteroatoms. The lowest BCUT2D eigenvalue weighted by Gasteiger charge is -2.32. The lowest BCUT2D eigenvalue weighted by molar-refractivity contribution is -0.141. The standard InChI is InChI=1S/C50H63N11O9/c1-28-43(41(70-27-42(55)62)26-37(57-28)31-8-11-33(12-9-31)50(3,4)5)47(65)59-36(15-16-51)49(67)61(6)44-32-10-14-40(69-22-19-54)35(25-32)34-23-30(7-13-39(34)68-21-18-53)24-38(46(64)56-20-17-52)60-45(63)29(2)58-48(44)66/h7-14,23,25-26,29,36,38,44H,15-16,18-22,24,27,51,53-54H2,1-6H3,(H2,55,62)(H,56,64)(H,58,66)(H,59,65)(H,60,63)/t29-,36-,38-,44-/m0/s1. The Kier molecular flexibility index (Phi) is 18.4. The van der Waals surface area contributed by atoms with Crippen molar-refractivity contribution in [2.75, 3.05) is 53.0 Å². The van der Waals surface area contributed by atoms with Crippen LogP contribution < -0.4 is 58.4 Å². The fourth-order valence-electron chi connectivity index (χ4n) is 7.83. The van der Waals surface area contributed by atoms with Gasteiger partial charge in [-0.3, -0.25) is 33.8 Å². The van der Waals surface area contributed by atoms with Gasteiger partial charge in [-0.2, -0.15) is 5.26 Å². The summed E-state index contributed by atoms with van der Waals surface area (Å²) in [5.74, 6) is -3.82. The first-order valence-corrected chi connectivity index (χ1v) is 22.8. The average molecular weight is 962 g/mol. The molecule has 6 amide bonds. The molecule has 1 aromatic heterocycles. The molecule has 12 N–H and O–H groups in total. The van der Waals surface area contributed by atoms with E-state index in [4.69, 9.17) is 42.1 Å². The van der Waals surface area contributed by atoms with Crippen molar-refractivity contribution in [2.24, 2.45) is 22.9 Å². The van der Waals surface area contributed by atoms with Gasteiger partial charge in [0.25, 0.3) is 11.8 Å². The van der Waals surface area contributed by atoms with Gasteiger partial charge < -0.3 is 63.3 Å². The first-order chi connectivity index (χ1) is 33.3. The summed E-state index contributed by atoms with van der Waals surface area (Å²) in [6.07, 6.45) is -0.115. The third-order valence-corrected chi connectivity index (χ3v) is 11.4. The summed E-state index contributed by atoms with van der Waals surface area (Å²) < 4.78 is 18.0. The number of fused-ring (bicyclic) bond motifs is 5. The molecule has 372 valence electrons. The van der Waals surface area contributed by atoms with Gasteiger partial charge in [-0.05, 0) is 73.2 Å². The van der Waals surface area contributed by atoms with Crippen LogP contribution in [0.1, 0.15) is 72.9 Å². The number of nitriles is 1. The van der Waals surface area contributed by atoms with Gasteiger partial charge in [0.15, 0.2) is 6.61 Å². The molecule has 3 aromatic carbocycles. The maximum atomic E-state index is 14.9. The number of ether oxygens (including phenoxy) is 3. The van der Waals surface area contributed by atoms with Crippen LogP contribution in [0, 0.1) is 18.3 Å². The summed E-state index contributed by atoms with van der Waals surface area (Å²) in [6, 6.07) is 15.8. The molecule has 0 saturated heterocycles. The summed E-state index contributed by atoms with van der Waals surface area (Å²) in [6.45, 7) is 8.88. The molecule has 0 spiro atoms.